The van der Waals surface area contributed by atoms with Gasteiger partial charge in [0, 0.05) is 38.3 Å². The van der Waals surface area contributed by atoms with Gasteiger partial charge in [0.2, 0.25) is 0 Å². The highest BCUT2D eigenvalue weighted by molar-refractivity contribution is 5.34. The molecule has 1 aromatic rings. The SMILES string of the molecule is CC(C)NCCNc1ccnn1C1CNC1. The number of rotatable bonds is 6. The second-order valence-electron chi connectivity index (χ2n) is 4.51. The van der Waals surface area contributed by atoms with Crippen molar-refractivity contribution in [2.24, 2.45) is 0 Å². The molecule has 0 aliphatic carbocycles. The lowest BCUT2D eigenvalue weighted by atomic mass is 10.2. The van der Waals surface area contributed by atoms with E-state index in [4.69, 9.17) is 0 Å². The summed E-state index contributed by atoms with van der Waals surface area (Å²) in [6.45, 7) is 8.28. The van der Waals surface area contributed by atoms with Crippen molar-refractivity contribution in [1.82, 2.24) is 20.4 Å². The quantitative estimate of drug-likeness (QED) is 0.613. The van der Waals surface area contributed by atoms with E-state index in [0.717, 1.165) is 32.0 Å². The van der Waals surface area contributed by atoms with E-state index >= 15 is 0 Å². The van der Waals surface area contributed by atoms with Crippen LogP contribution in [0.25, 0.3) is 0 Å². The van der Waals surface area contributed by atoms with Gasteiger partial charge >= 0.3 is 0 Å². The second-order valence-corrected chi connectivity index (χ2v) is 4.51. The molecule has 1 aliphatic heterocycles. The Balaban J connectivity index is 1.77. The van der Waals surface area contributed by atoms with Crippen LogP contribution in [0, 0.1) is 0 Å². The van der Waals surface area contributed by atoms with Gasteiger partial charge in [-0.2, -0.15) is 5.10 Å². The van der Waals surface area contributed by atoms with Crippen molar-refractivity contribution in [3.05, 3.63) is 12.3 Å². The Morgan fingerprint density at radius 2 is 2.31 bits per heavy atom. The third-order valence-corrected chi connectivity index (χ3v) is 2.76. The van der Waals surface area contributed by atoms with Crippen LogP contribution in [0.2, 0.25) is 0 Å². The smallest absolute Gasteiger partial charge is 0.124 e. The summed E-state index contributed by atoms with van der Waals surface area (Å²) < 4.78 is 2.08. The summed E-state index contributed by atoms with van der Waals surface area (Å²) in [5.41, 5.74) is 0. The van der Waals surface area contributed by atoms with Crippen molar-refractivity contribution in [3.63, 3.8) is 0 Å². The molecule has 0 atom stereocenters. The molecular formula is C11H21N5. The van der Waals surface area contributed by atoms with Gasteiger partial charge < -0.3 is 16.0 Å². The molecule has 0 radical (unpaired) electrons. The first-order valence-electron chi connectivity index (χ1n) is 5.99. The lowest BCUT2D eigenvalue weighted by Gasteiger charge is -2.29. The minimum Gasteiger partial charge on any atom is -0.369 e. The number of aromatic nitrogens is 2. The molecule has 0 unspecified atom stereocenters. The molecule has 16 heavy (non-hydrogen) atoms. The van der Waals surface area contributed by atoms with Crippen molar-refractivity contribution in [1.29, 1.82) is 0 Å². The molecule has 1 saturated heterocycles. The maximum atomic E-state index is 4.35. The molecule has 0 bridgehead atoms. The van der Waals surface area contributed by atoms with Crippen LogP contribution in [0.5, 0.6) is 0 Å². The van der Waals surface area contributed by atoms with Crippen LogP contribution in [-0.4, -0.2) is 42.0 Å². The lowest BCUT2D eigenvalue weighted by molar-refractivity contribution is 0.321. The van der Waals surface area contributed by atoms with Gasteiger partial charge in [0.05, 0.1) is 12.2 Å². The molecule has 0 amide bonds. The minimum absolute atomic E-state index is 0.524. The van der Waals surface area contributed by atoms with Gasteiger partial charge in [0.15, 0.2) is 0 Å². The van der Waals surface area contributed by atoms with E-state index in [2.05, 4.69) is 39.6 Å². The topological polar surface area (TPSA) is 53.9 Å². The zero-order valence-corrected chi connectivity index (χ0v) is 10.0. The maximum absolute atomic E-state index is 4.35. The third kappa shape index (κ3) is 2.74. The fourth-order valence-electron chi connectivity index (χ4n) is 1.74. The second kappa shape index (κ2) is 5.32. The number of anilines is 1. The summed E-state index contributed by atoms with van der Waals surface area (Å²) >= 11 is 0. The third-order valence-electron chi connectivity index (χ3n) is 2.76. The molecular weight excluding hydrogens is 202 g/mol. The molecule has 0 spiro atoms. The Bertz CT molecular complexity index is 316. The van der Waals surface area contributed by atoms with Crippen LogP contribution in [0.1, 0.15) is 19.9 Å². The first-order chi connectivity index (χ1) is 7.77. The van der Waals surface area contributed by atoms with Crippen LogP contribution in [-0.2, 0) is 0 Å². The average Bonchev–Trinajstić information content (AvgIpc) is 2.58. The molecule has 3 N–H and O–H groups in total. The standard InChI is InChI=1S/C11H21N5/c1-9(2)13-5-6-14-11-3-4-15-16(11)10-7-12-8-10/h3-4,9-10,12-14H,5-8H2,1-2H3. The summed E-state index contributed by atoms with van der Waals surface area (Å²) in [5, 5.41) is 14.4. The Labute approximate surface area is 96.6 Å². The van der Waals surface area contributed by atoms with E-state index in [1.165, 1.54) is 0 Å². The monoisotopic (exact) mass is 223 g/mol. The highest BCUT2D eigenvalue weighted by atomic mass is 15.4. The van der Waals surface area contributed by atoms with Crippen molar-refractivity contribution >= 4 is 5.82 Å². The van der Waals surface area contributed by atoms with Crippen LogP contribution < -0.4 is 16.0 Å². The van der Waals surface area contributed by atoms with Crippen molar-refractivity contribution < 1.29 is 0 Å². The van der Waals surface area contributed by atoms with Crippen LogP contribution in [0.4, 0.5) is 5.82 Å². The fraction of sp³-hybridized carbons (Fsp3) is 0.727. The van der Waals surface area contributed by atoms with E-state index in [1.54, 1.807) is 0 Å². The van der Waals surface area contributed by atoms with Gasteiger partial charge in [-0.1, -0.05) is 13.8 Å². The minimum atomic E-state index is 0.524. The number of hydrogen-bond acceptors (Lipinski definition) is 4. The lowest BCUT2D eigenvalue weighted by Crippen LogP contribution is -2.44. The van der Waals surface area contributed by atoms with Gasteiger partial charge in [-0.3, -0.25) is 0 Å². The van der Waals surface area contributed by atoms with Crippen LogP contribution in [0.15, 0.2) is 12.3 Å². The highest BCUT2D eigenvalue weighted by Gasteiger charge is 2.21. The molecule has 2 heterocycles. The molecule has 1 fully saturated rings. The van der Waals surface area contributed by atoms with Crippen LogP contribution in [0.3, 0.4) is 0 Å². The summed E-state index contributed by atoms with van der Waals surface area (Å²) in [5.74, 6) is 1.12. The Hall–Kier alpha value is -1.07. The van der Waals surface area contributed by atoms with Crippen molar-refractivity contribution in [2.45, 2.75) is 25.9 Å². The van der Waals surface area contributed by atoms with E-state index in [0.29, 0.717) is 12.1 Å². The number of nitrogens with one attached hydrogen (secondary N) is 3. The Kier molecular flexibility index (Phi) is 3.79. The average molecular weight is 223 g/mol. The van der Waals surface area contributed by atoms with Crippen molar-refractivity contribution in [3.8, 4) is 0 Å². The zero-order chi connectivity index (χ0) is 11.4. The van der Waals surface area contributed by atoms with E-state index in [9.17, 15) is 0 Å². The normalized spacial score (nSPS) is 16.4. The summed E-state index contributed by atoms with van der Waals surface area (Å²) in [7, 11) is 0. The van der Waals surface area contributed by atoms with E-state index in [1.807, 2.05) is 12.3 Å². The van der Waals surface area contributed by atoms with Gasteiger partial charge in [-0.05, 0) is 0 Å². The molecule has 0 aromatic carbocycles. The number of hydrogen-bond donors (Lipinski definition) is 3. The maximum Gasteiger partial charge on any atom is 0.124 e. The highest BCUT2D eigenvalue weighted by Crippen LogP contribution is 2.16. The van der Waals surface area contributed by atoms with Gasteiger partial charge in [0.25, 0.3) is 0 Å². The number of nitrogens with zero attached hydrogens (tertiary/aromatic N) is 2. The molecule has 1 aromatic heterocycles. The zero-order valence-electron chi connectivity index (χ0n) is 10.0. The largest absolute Gasteiger partial charge is 0.369 e. The molecule has 1 aliphatic rings. The van der Waals surface area contributed by atoms with E-state index in [-0.39, 0.29) is 0 Å². The molecule has 5 heteroatoms. The molecule has 2 rings (SSSR count). The Morgan fingerprint density at radius 3 is 2.94 bits per heavy atom. The van der Waals surface area contributed by atoms with Crippen LogP contribution >= 0.6 is 0 Å². The first kappa shape index (κ1) is 11.4. The summed E-state index contributed by atoms with van der Waals surface area (Å²) in [6.07, 6.45) is 1.86. The predicted molar refractivity (Wildman–Crippen MR) is 65.8 cm³/mol. The van der Waals surface area contributed by atoms with Gasteiger partial charge in [0.1, 0.15) is 5.82 Å². The van der Waals surface area contributed by atoms with Gasteiger partial charge in [-0.25, -0.2) is 4.68 Å². The summed E-state index contributed by atoms with van der Waals surface area (Å²) in [4.78, 5) is 0. The summed E-state index contributed by atoms with van der Waals surface area (Å²) in [6, 6.07) is 3.10. The first-order valence-corrected chi connectivity index (χ1v) is 5.99. The molecule has 90 valence electrons. The van der Waals surface area contributed by atoms with Crippen molar-refractivity contribution in [2.75, 3.05) is 31.5 Å². The van der Waals surface area contributed by atoms with E-state index < -0.39 is 0 Å². The van der Waals surface area contributed by atoms with Gasteiger partial charge in [-0.15, -0.1) is 0 Å². The molecule has 5 nitrogen and oxygen atoms in total. The molecule has 0 saturated carbocycles. The Morgan fingerprint density at radius 1 is 1.50 bits per heavy atom. The predicted octanol–water partition coefficient (Wildman–Crippen LogP) is 0.437. The fourth-order valence-corrected chi connectivity index (χ4v) is 1.74.